The lowest BCUT2D eigenvalue weighted by atomic mass is 10.3. The van der Waals surface area contributed by atoms with Gasteiger partial charge in [0.1, 0.15) is 5.82 Å². The first-order chi connectivity index (χ1) is 9.01. The van der Waals surface area contributed by atoms with Gasteiger partial charge in [-0.15, -0.1) is 0 Å². The highest BCUT2D eigenvalue weighted by Crippen LogP contribution is 2.16. The van der Waals surface area contributed by atoms with Crippen molar-refractivity contribution in [1.82, 2.24) is 4.98 Å². The summed E-state index contributed by atoms with van der Waals surface area (Å²) in [6.07, 6.45) is 0. The molecule has 19 heavy (non-hydrogen) atoms. The molecule has 0 fully saturated rings. The molecule has 2 aromatic rings. The molecule has 0 spiro atoms. The smallest absolute Gasteiger partial charge is 0.263 e. The number of hydrazine groups is 1. The van der Waals surface area contributed by atoms with Gasteiger partial charge in [-0.3, -0.25) is 10.6 Å². The Labute approximate surface area is 111 Å². The number of hydrogen-bond donors (Lipinski definition) is 3. The van der Waals surface area contributed by atoms with Crippen molar-refractivity contribution >= 4 is 21.5 Å². The topological polar surface area (TPSA) is 97.1 Å². The molecule has 0 saturated carbocycles. The summed E-state index contributed by atoms with van der Waals surface area (Å²) in [5.41, 5.74) is 3.81. The predicted octanol–water partition coefficient (Wildman–Crippen LogP) is 1.48. The fourth-order valence-electron chi connectivity index (χ4n) is 1.53. The zero-order chi connectivity index (χ0) is 13.9. The average Bonchev–Trinajstić information content (AvgIpc) is 2.38. The highest BCUT2D eigenvalue weighted by atomic mass is 32.2. The van der Waals surface area contributed by atoms with E-state index in [1.54, 1.807) is 37.3 Å². The van der Waals surface area contributed by atoms with Gasteiger partial charge in [0, 0.05) is 11.4 Å². The molecule has 0 aliphatic rings. The number of benzene rings is 1. The van der Waals surface area contributed by atoms with Gasteiger partial charge in [0.25, 0.3) is 10.0 Å². The number of nitrogen functional groups attached to an aromatic ring is 1. The van der Waals surface area contributed by atoms with Crippen LogP contribution in [0.2, 0.25) is 0 Å². The van der Waals surface area contributed by atoms with E-state index >= 15 is 0 Å². The first-order valence-corrected chi connectivity index (χ1v) is 7.03. The van der Waals surface area contributed by atoms with Gasteiger partial charge in [0.15, 0.2) is 0 Å². The summed E-state index contributed by atoms with van der Waals surface area (Å²) >= 11 is 0. The molecule has 0 amide bonds. The highest BCUT2D eigenvalue weighted by Gasteiger charge is 2.14. The van der Waals surface area contributed by atoms with Crippen molar-refractivity contribution in [2.75, 3.05) is 10.1 Å². The molecule has 1 heterocycles. The van der Waals surface area contributed by atoms with Crippen LogP contribution in [0.25, 0.3) is 0 Å². The van der Waals surface area contributed by atoms with Crippen LogP contribution in [0.4, 0.5) is 11.5 Å². The maximum Gasteiger partial charge on any atom is 0.263 e. The maximum absolute atomic E-state index is 12.1. The number of aromatic nitrogens is 1. The van der Waals surface area contributed by atoms with E-state index in [1.165, 1.54) is 12.1 Å². The van der Waals surface area contributed by atoms with Gasteiger partial charge in [0.2, 0.25) is 0 Å². The Morgan fingerprint density at radius 3 is 2.37 bits per heavy atom. The van der Waals surface area contributed by atoms with Crippen LogP contribution < -0.4 is 16.0 Å². The zero-order valence-corrected chi connectivity index (χ0v) is 11.1. The van der Waals surface area contributed by atoms with E-state index in [9.17, 15) is 8.42 Å². The fourth-order valence-corrected chi connectivity index (χ4v) is 2.53. The standard InChI is InChI=1S/C12H14N4O2S/c1-9-3-2-4-12(14-9)16-19(17,18)11-7-5-10(15-13)6-8-11/h2-8,15H,13H2,1H3,(H,14,16). The summed E-state index contributed by atoms with van der Waals surface area (Å²) in [6.45, 7) is 1.79. The minimum Gasteiger partial charge on any atom is -0.324 e. The largest absolute Gasteiger partial charge is 0.324 e. The number of nitrogens with one attached hydrogen (secondary N) is 2. The second kappa shape index (κ2) is 5.25. The van der Waals surface area contributed by atoms with Crippen LogP contribution in [0.15, 0.2) is 47.4 Å². The molecule has 0 aliphatic carbocycles. The monoisotopic (exact) mass is 278 g/mol. The Balaban J connectivity index is 2.27. The zero-order valence-electron chi connectivity index (χ0n) is 10.3. The van der Waals surface area contributed by atoms with Gasteiger partial charge in [0.05, 0.1) is 4.90 Å². The van der Waals surface area contributed by atoms with E-state index in [2.05, 4.69) is 15.1 Å². The van der Waals surface area contributed by atoms with Gasteiger partial charge < -0.3 is 5.43 Å². The van der Waals surface area contributed by atoms with Crippen LogP contribution in [-0.2, 0) is 10.0 Å². The van der Waals surface area contributed by atoms with E-state index in [-0.39, 0.29) is 4.90 Å². The molecule has 0 atom stereocenters. The third-order valence-electron chi connectivity index (χ3n) is 2.46. The quantitative estimate of drug-likeness (QED) is 0.581. The molecule has 0 unspecified atom stereocenters. The van der Waals surface area contributed by atoms with Crippen LogP contribution in [0, 0.1) is 6.92 Å². The fraction of sp³-hybridized carbons (Fsp3) is 0.0833. The molecule has 100 valence electrons. The van der Waals surface area contributed by atoms with Gasteiger partial charge in [-0.05, 0) is 43.3 Å². The van der Waals surface area contributed by atoms with E-state index in [4.69, 9.17) is 5.84 Å². The minimum absolute atomic E-state index is 0.148. The Hall–Kier alpha value is -2.12. The summed E-state index contributed by atoms with van der Waals surface area (Å²) in [5.74, 6) is 5.52. The second-order valence-corrected chi connectivity index (χ2v) is 5.62. The van der Waals surface area contributed by atoms with E-state index in [1.807, 2.05) is 0 Å². The van der Waals surface area contributed by atoms with Crippen LogP contribution in [0.1, 0.15) is 5.69 Å². The minimum atomic E-state index is -3.64. The van der Waals surface area contributed by atoms with Crippen LogP contribution in [-0.4, -0.2) is 13.4 Å². The molecule has 7 heteroatoms. The average molecular weight is 278 g/mol. The molecule has 2 rings (SSSR count). The van der Waals surface area contributed by atoms with Crippen molar-refractivity contribution in [3.8, 4) is 0 Å². The van der Waals surface area contributed by atoms with Crippen molar-refractivity contribution in [3.63, 3.8) is 0 Å². The predicted molar refractivity (Wildman–Crippen MR) is 74.0 cm³/mol. The number of anilines is 2. The molecular weight excluding hydrogens is 264 g/mol. The lowest BCUT2D eigenvalue weighted by Gasteiger charge is -2.08. The van der Waals surface area contributed by atoms with Gasteiger partial charge in [-0.1, -0.05) is 6.07 Å². The van der Waals surface area contributed by atoms with Crippen LogP contribution >= 0.6 is 0 Å². The first-order valence-electron chi connectivity index (χ1n) is 5.54. The number of rotatable bonds is 4. The Kier molecular flexibility index (Phi) is 3.68. The first kappa shape index (κ1) is 13.3. The highest BCUT2D eigenvalue weighted by molar-refractivity contribution is 7.92. The molecule has 0 radical (unpaired) electrons. The van der Waals surface area contributed by atoms with Crippen molar-refractivity contribution < 1.29 is 8.42 Å². The summed E-state index contributed by atoms with van der Waals surface area (Å²) in [4.78, 5) is 4.24. The molecule has 4 N–H and O–H groups in total. The number of hydrogen-bond acceptors (Lipinski definition) is 5. The number of aryl methyl sites for hydroxylation is 1. The van der Waals surface area contributed by atoms with E-state index in [0.717, 1.165) is 5.69 Å². The number of sulfonamides is 1. The summed E-state index contributed by atoms with van der Waals surface area (Å²) in [7, 11) is -3.64. The third kappa shape index (κ3) is 3.21. The Morgan fingerprint density at radius 1 is 1.11 bits per heavy atom. The second-order valence-electron chi connectivity index (χ2n) is 3.94. The van der Waals surface area contributed by atoms with E-state index < -0.39 is 10.0 Å². The van der Waals surface area contributed by atoms with Gasteiger partial charge in [-0.2, -0.15) is 0 Å². The van der Waals surface area contributed by atoms with Gasteiger partial charge >= 0.3 is 0 Å². The summed E-state index contributed by atoms with van der Waals surface area (Å²) in [6, 6.07) is 11.2. The number of pyridine rings is 1. The number of nitrogens with zero attached hydrogens (tertiary/aromatic N) is 1. The maximum atomic E-state index is 12.1. The van der Waals surface area contributed by atoms with Gasteiger partial charge in [-0.25, -0.2) is 13.4 Å². The molecular formula is C12H14N4O2S. The van der Waals surface area contributed by atoms with Crippen molar-refractivity contribution in [3.05, 3.63) is 48.2 Å². The Morgan fingerprint density at radius 2 is 1.79 bits per heavy atom. The van der Waals surface area contributed by atoms with Crippen molar-refractivity contribution in [1.29, 1.82) is 0 Å². The summed E-state index contributed by atoms with van der Waals surface area (Å²) < 4.78 is 26.6. The third-order valence-corrected chi connectivity index (χ3v) is 3.83. The SMILES string of the molecule is Cc1cccc(NS(=O)(=O)c2ccc(NN)cc2)n1. The lowest BCUT2D eigenvalue weighted by molar-refractivity contribution is 0.601. The molecule has 6 nitrogen and oxygen atoms in total. The molecule has 1 aromatic heterocycles. The normalized spacial score (nSPS) is 11.1. The molecule has 1 aromatic carbocycles. The number of nitrogens with two attached hydrogens (primary N) is 1. The summed E-state index contributed by atoms with van der Waals surface area (Å²) in [5, 5.41) is 0. The van der Waals surface area contributed by atoms with Crippen LogP contribution in [0.5, 0.6) is 0 Å². The molecule has 0 bridgehead atoms. The lowest BCUT2D eigenvalue weighted by Crippen LogP contribution is -2.14. The molecule has 0 saturated heterocycles. The van der Waals surface area contributed by atoms with E-state index in [0.29, 0.717) is 11.5 Å². The van der Waals surface area contributed by atoms with Crippen molar-refractivity contribution in [2.24, 2.45) is 5.84 Å². The Bertz CT molecular complexity index is 668. The van der Waals surface area contributed by atoms with Crippen LogP contribution in [0.3, 0.4) is 0 Å². The molecule has 0 aliphatic heterocycles. The van der Waals surface area contributed by atoms with Crippen molar-refractivity contribution in [2.45, 2.75) is 11.8 Å².